The van der Waals surface area contributed by atoms with Gasteiger partial charge in [-0.2, -0.15) is 0 Å². The number of hydrogen-bond donors (Lipinski definition) is 4. The fraction of sp³-hybridized carbons (Fsp3) is 0.455. The van der Waals surface area contributed by atoms with E-state index in [9.17, 15) is 10.2 Å². The number of benzene rings is 2. The minimum absolute atomic E-state index is 0.0485. The topological polar surface area (TPSA) is 82.0 Å². The highest BCUT2D eigenvalue weighted by Gasteiger charge is 2.09. The monoisotopic (exact) mass is 373 g/mol. The third-order valence-corrected chi connectivity index (χ3v) is 4.52. The van der Waals surface area contributed by atoms with Crippen LogP contribution in [0, 0.1) is 0 Å². The number of ether oxygens (including phenoxy) is 1. The molecule has 2 rings (SSSR count). The Morgan fingerprint density at radius 2 is 1.78 bits per heavy atom. The molecular weight excluding hydrogens is 342 g/mol. The van der Waals surface area contributed by atoms with Crippen LogP contribution in [0.5, 0.6) is 5.75 Å². The van der Waals surface area contributed by atoms with E-state index in [0.29, 0.717) is 17.7 Å². The van der Waals surface area contributed by atoms with Gasteiger partial charge in [0.15, 0.2) is 0 Å². The molecule has 0 aromatic heterocycles. The average molecular weight is 373 g/mol. The Bertz CT molecular complexity index is 648. The van der Waals surface area contributed by atoms with Crippen LogP contribution < -0.4 is 5.32 Å². The van der Waals surface area contributed by atoms with Gasteiger partial charge in [0, 0.05) is 18.7 Å². The van der Waals surface area contributed by atoms with Gasteiger partial charge in [0.2, 0.25) is 0 Å². The number of hydrogen-bond acceptors (Lipinski definition) is 5. The first-order valence-corrected chi connectivity index (χ1v) is 9.64. The first kappa shape index (κ1) is 21.4. The Morgan fingerprint density at radius 1 is 0.963 bits per heavy atom. The maximum absolute atomic E-state index is 10.2. The second kappa shape index (κ2) is 12.5. The van der Waals surface area contributed by atoms with Crippen molar-refractivity contribution in [2.75, 3.05) is 26.3 Å². The predicted molar refractivity (Wildman–Crippen MR) is 107 cm³/mol. The first-order chi connectivity index (χ1) is 13.2. The van der Waals surface area contributed by atoms with Crippen LogP contribution in [-0.2, 0) is 17.8 Å². The molecule has 4 N–H and O–H groups in total. The maximum atomic E-state index is 10.2. The van der Waals surface area contributed by atoms with Gasteiger partial charge >= 0.3 is 0 Å². The van der Waals surface area contributed by atoms with E-state index in [1.165, 1.54) is 11.6 Å². The lowest BCUT2D eigenvalue weighted by atomic mass is 10.1. The zero-order chi connectivity index (χ0) is 19.3. The summed E-state index contributed by atoms with van der Waals surface area (Å²) in [5.41, 5.74) is 2.43. The molecule has 2 aromatic carbocycles. The molecule has 1 unspecified atom stereocenters. The summed E-state index contributed by atoms with van der Waals surface area (Å²) in [6.07, 6.45) is 3.46. The summed E-state index contributed by atoms with van der Waals surface area (Å²) in [7, 11) is 0. The summed E-state index contributed by atoms with van der Waals surface area (Å²) < 4.78 is 5.67. The van der Waals surface area contributed by atoms with Crippen molar-refractivity contribution < 1.29 is 20.1 Å². The van der Waals surface area contributed by atoms with Gasteiger partial charge in [0.25, 0.3) is 0 Å². The quantitative estimate of drug-likeness (QED) is 0.406. The largest absolute Gasteiger partial charge is 0.508 e. The van der Waals surface area contributed by atoms with Crippen LogP contribution in [0.15, 0.2) is 48.5 Å². The molecule has 1 atom stereocenters. The van der Waals surface area contributed by atoms with Crippen LogP contribution in [0.2, 0.25) is 0 Å². The summed E-state index contributed by atoms with van der Waals surface area (Å²) in [4.78, 5) is 0. The van der Waals surface area contributed by atoms with E-state index < -0.39 is 6.10 Å². The second-order valence-corrected chi connectivity index (χ2v) is 6.67. The summed E-state index contributed by atoms with van der Waals surface area (Å²) >= 11 is 0. The number of nitrogens with one attached hydrogen (secondary N) is 1. The zero-order valence-electron chi connectivity index (χ0n) is 15.8. The molecule has 0 aliphatic heterocycles. The normalized spacial score (nSPS) is 12.2. The molecular formula is C22H31NO4. The SMILES string of the molecule is OCc1cc(C(O)CNCCCCCOCCc2ccccc2)ccc1O. The first-order valence-electron chi connectivity index (χ1n) is 9.64. The standard InChI is InChI=1S/C22H31NO4/c24-17-20-15-19(9-10-21(20)25)22(26)16-23-12-5-2-6-13-27-14-11-18-7-3-1-4-8-18/h1,3-4,7-10,15,22-26H,2,5-6,11-14,16-17H2. The fourth-order valence-corrected chi connectivity index (χ4v) is 2.86. The average Bonchev–Trinajstić information content (AvgIpc) is 2.70. The molecule has 0 saturated heterocycles. The summed E-state index contributed by atoms with van der Waals surface area (Å²) in [6.45, 7) is 2.59. The highest BCUT2D eigenvalue weighted by Crippen LogP contribution is 2.22. The Labute approximate surface area is 161 Å². The molecule has 0 aliphatic carbocycles. The van der Waals surface area contributed by atoms with Crippen LogP contribution in [0.25, 0.3) is 0 Å². The molecule has 0 radical (unpaired) electrons. The summed E-state index contributed by atoms with van der Waals surface area (Å²) in [5.74, 6) is 0.0485. The maximum Gasteiger partial charge on any atom is 0.121 e. The van der Waals surface area contributed by atoms with Gasteiger partial charge in [-0.1, -0.05) is 36.4 Å². The third kappa shape index (κ3) is 8.10. The van der Waals surface area contributed by atoms with Crippen molar-refractivity contribution in [3.63, 3.8) is 0 Å². The van der Waals surface area contributed by atoms with Crippen LogP contribution in [-0.4, -0.2) is 41.6 Å². The third-order valence-electron chi connectivity index (χ3n) is 4.52. The van der Waals surface area contributed by atoms with E-state index in [-0.39, 0.29) is 12.4 Å². The number of phenols is 1. The van der Waals surface area contributed by atoms with Crippen molar-refractivity contribution in [1.82, 2.24) is 5.32 Å². The molecule has 0 heterocycles. The smallest absolute Gasteiger partial charge is 0.121 e. The predicted octanol–water partition coefficient (Wildman–Crippen LogP) is 2.94. The molecule has 5 nitrogen and oxygen atoms in total. The van der Waals surface area contributed by atoms with Gasteiger partial charge in [-0.25, -0.2) is 0 Å². The van der Waals surface area contributed by atoms with Crippen molar-refractivity contribution >= 4 is 0 Å². The lowest BCUT2D eigenvalue weighted by molar-refractivity contribution is 0.132. The molecule has 0 amide bonds. The molecule has 0 fully saturated rings. The van der Waals surface area contributed by atoms with Gasteiger partial charge in [-0.05, 0) is 55.5 Å². The Balaban J connectivity index is 1.47. The highest BCUT2D eigenvalue weighted by molar-refractivity contribution is 5.36. The van der Waals surface area contributed by atoms with E-state index in [1.807, 2.05) is 18.2 Å². The Kier molecular flexibility index (Phi) is 9.87. The lowest BCUT2D eigenvalue weighted by Gasteiger charge is -2.14. The van der Waals surface area contributed by atoms with Crippen LogP contribution in [0.1, 0.15) is 42.1 Å². The van der Waals surface area contributed by atoms with Gasteiger partial charge in [0.05, 0.1) is 19.3 Å². The molecule has 148 valence electrons. The van der Waals surface area contributed by atoms with Gasteiger partial charge in [-0.3, -0.25) is 0 Å². The van der Waals surface area contributed by atoms with Gasteiger partial charge in [-0.15, -0.1) is 0 Å². The number of aromatic hydroxyl groups is 1. The fourth-order valence-electron chi connectivity index (χ4n) is 2.86. The molecule has 27 heavy (non-hydrogen) atoms. The van der Waals surface area contributed by atoms with Crippen molar-refractivity contribution in [2.45, 2.75) is 38.4 Å². The molecule has 0 bridgehead atoms. The summed E-state index contributed by atoms with van der Waals surface area (Å²) in [5, 5.41) is 32.1. The summed E-state index contributed by atoms with van der Waals surface area (Å²) in [6, 6.07) is 15.2. The van der Waals surface area contributed by atoms with Crippen molar-refractivity contribution in [2.24, 2.45) is 0 Å². The Hall–Kier alpha value is -1.92. The minimum atomic E-state index is -0.655. The van der Waals surface area contributed by atoms with E-state index in [2.05, 4.69) is 17.4 Å². The van der Waals surface area contributed by atoms with Crippen molar-refractivity contribution in [3.05, 3.63) is 65.2 Å². The number of rotatable bonds is 13. The molecule has 5 heteroatoms. The van der Waals surface area contributed by atoms with E-state index in [4.69, 9.17) is 9.84 Å². The van der Waals surface area contributed by atoms with E-state index in [0.717, 1.165) is 45.4 Å². The van der Waals surface area contributed by atoms with Crippen molar-refractivity contribution in [1.29, 1.82) is 0 Å². The minimum Gasteiger partial charge on any atom is -0.508 e. The number of unbranched alkanes of at least 4 members (excludes halogenated alkanes) is 2. The molecule has 0 saturated carbocycles. The van der Waals surface area contributed by atoms with Crippen LogP contribution in [0.4, 0.5) is 0 Å². The molecule has 0 aliphatic rings. The zero-order valence-corrected chi connectivity index (χ0v) is 15.8. The second-order valence-electron chi connectivity index (χ2n) is 6.67. The van der Waals surface area contributed by atoms with Crippen LogP contribution >= 0.6 is 0 Å². The number of aliphatic hydroxyl groups excluding tert-OH is 2. The van der Waals surface area contributed by atoms with E-state index >= 15 is 0 Å². The highest BCUT2D eigenvalue weighted by atomic mass is 16.5. The number of aliphatic hydroxyl groups is 2. The van der Waals surface area contributed by atoms with E-state index in [1.54, 1.807) is 12.1 Å². The lowest BCUT2D eigenvalue weighted by Crippen LogP contribution is -2.22. The molecule has 2 aromatic rings. The van der Waals surface area contributed by atoms with Gasteiger partial charge in [0.1, 0.15) is 5.75 Å². The van der Waals surface area contributed by atoms with Crippen LogP contribution in [0.3, 0.4) is 0 Å². The molecule has 0 spiro atoms. The van der Waals surface area contributed by atoms with Gasteiger partial charge < -0.3 is 25.4 Å². The Morgan fingerprint density at radius 3 is 2.56 bits per heavy atom. The van der Waals surface area contributed by atoms with Crippen molar-refractivity contribution in [3.8, 4) is 5.75 Å².